The molecule has 3 aromatic carbocycles. The van der Waals surface area contributed by atoms with Gasteiger partial charge < -0.3 is 19.7 Å². The first kappa shape index (κ1) is 22.0. The number of azo groups is 1. The highest BCUT2D eigenvalue weighted by Crippen LogP contribution is 2.40. The Morgan fingerprint density at radius 2 is 1.88 bits per heavy atom. The molecule has 0 aliphatic rings. The van der Waals surface area contributed by atoms with E-state index in [1.54, 1.807) is 7.11 Å². The molecule has 2 N–H and O–H groups in total. The molecule has 0 atom stereocenters. The van der Waals surface area contributed by atoms with Crippen LogP contribution >= 0.6 is 28.1 Å². The van der Waals surface area contributed by atoms with Gasteiger partial charge >= 0.3 is 0 Å². The first-order valence-corrected chi connectivity index (χ1v) is 11.1. The first-order chi connectivity index (χ1) is 15.5. The molecule has 0 bridgehead atoms. The van der Waals surface area contributed by atoms with Gasteiger partial charge in [0.2, 0.25) is 11.0 Å². The number of rotatable bonds is 5. The molecule has 4 rings (SSSR count). The third-order valence-corrected chi connectivity index (χ3v) is 5.82. The number of benzene rings is 3. The van der Waals surface area contributed by atoms with E-state index in [0.717, 1.165) is 37.9 Å². The Balaban J connectivity index is 1.65. The molecule has 6 nitrogen and oxygen atoms in total. The molecule has 0 fully saturated rings. The van der Waals surface area contributed by atoms with Crippen molar-refractivity contribution >= 4 is 55.5 Å². The van der Waals surface area contributed by atoms with Gasteiger partial charge in [-0.3, -0.25) is 0 Å². The third-order valence-electron chi connectivity index (χ3n) is 5.14. The van der Waals surface area contributed by atoms with Crippen LogP contribution in [-0.4, -0.2) is 21.9 Å². The highest BCUT2D eigenvalue weighted by Gasteiger charge is 2.18. The van der Waals surface area contributed by atoms with Crippen LogP contribution in [0.4, 0.5) is 11.4 Å². The summed E-state index contributed by atoms with van der Waals surface area (Å²) < 4.78 is 7.87. The van der Waals surface area contributed by atoms with Crippen molar-refractivity contribution in [3.63, 3.8) is 0 Å². The van der Waals surface area contributed by atoms with Crippen LogP contribution in [-0.2, 0) is 6.54 Å². The Morgan fingerprint density at radius 1 is 1.12 bits per heavy atom. The molecule has 0 saturated heterocycles. The average molecular weight is 509 g/mol. The van der Waals surface area contributed by atoms with Crippen molar-refractivity contribution in [3.8, 4) is 11.6 Å². The molecule has 1 heterocycles. The van der Waals surface area contributed by atoms with E-state index >= 15 is 0 Å². The van der Waals surface area contributed by atoms with E-state index in [9.17, 15) is 5.11 Å². The Hall–Kier alpha value is -3.23. The predicted octanol–water partition coefficient (Wildman–Crippen LogP) is 6.96. The molecule has 1 aromatic heterocycles. The number of nitrogens with one attached hydrogen (secondary N) is 1. The van der Waals surface area contributed by atoms with Gasteiger partial charge in [-0.1, -0.05) is 40.2 Å². The van der Waals surface area contributed by atoms with Gasteiger partial charge in [-0.25, -0.2) is 0 Å². The molecule has 0 aliphatic heterocycles. The van der Waals surface area contributed by atoms with E-state index in [2.05, 4.69) is 50.5 Å². The molecule has 32 heavy (non-hydrogen) atoms. The third kappa shape index (κ3) is 4.66. The lowest BCUT2D eigenvalue weighted by molar-refractivity contribution is 0.415. The lowest BCUT2D eigenvalue weighted by Crippen LogP contribution is -2.04. The zero-order valence-electron chi connectivity index (χ0n) is 17.5. The molecule has 0 unspecified atom stereocenters. The van der Waals surface area contributed by atoms with E-state index in [1.807, 2.05) is 59.2 Å². The number of fused-ring (bicyclic) bond motifs is 1. The molecule has 0 saturated carbocycles. The van der Waals surface area contributed by atoms with Crippen molar-refractivity contribution in [1.82, 2.24) is 4.57 Å². The zero-order valence-corrected chi connectivity index (χ0v) is 19.9. The molecular weight excluding hydrogens is 488 g/mol. The maximum Gasteiger partial charge on any atom is 0.221 e. The molecule has 162 valence electrons. The minimum atomic E-state index is 0.0392. The van der Waals surface area contributed by atoms with Crippen molar-refractivity contribution in [2.24, 2.45) is 10.2 Å². The maximum atomic E-state index is 11.0. The number of hydrogen-bond donors (Lipinski definition) is 2. The molecule has 4 aromatic rings. The fourth-order valence-electron chi connectivity index (χ4n) is 3.43. The van der Waals surface area contributed by atoms with Gasteiger partial charge in [-0.2, -0.15) is 0 Å². The number of methoxy groups -OCH3 is 1. The zero-order chi connectivity index (χ0) is 22.7. The van der Waals surface area contributed by atoms with Crippen LogP contribution in [0.5, 0.6) is 11.6 Å². The Kier molecular flexibility index (Phi) is 6.53. The summed E-state index contributed by atoms with van der Waals surface area (Å²) in [5.74, 6) is 0.789. The van der Waals surface area contributed by atoms with Crippen LogP contribution in [0.3, 0.4) is 0 Å². The summed E-state index contributed by atoms with van der Waals surface area (Å²) in [7, 11) is 1.61. The van der Waals surface area contributed by atoms with Crippen molar-refractivity contribution in [1.29, 1.82) is 0 Å². The summed E-state index contributed by atoms with van der Waals surface area (Å²) in [5.41, 5.74) is 4.26. The van der Waals surface area contributed by atoms with Crippen molar-refractivity contribution in [2.75, 3.05) is 12.4 Å². The second kappa shape index (κ2) is 9.50. The second-order valence-electron chi connectivity index (χ2n) is 7.20. The highest BCUT2D eigenvalue weighted by molar-refractivity contribution is 9.10. The van der Waals surface area contributed by atoms with Gasteiger partial charge in [0.15, 0.2) is 5.69 Å². The average Bonchev–Trinajstić information content (AvgIpc) is 3.04. The smallest absolute Gasteiger partial charge is 0.221 e. The lowest BCUT2D eigenvalue weighted by atomic mass is 10.1. The van der Waals surface area contributed by atoms with Crippen molar-refractivity contribution in [3.05, 3.63) is 82.3 Å². The number of halogens is 1. The number of aromatic hydroxyl groups is 1. The van der Waals surface area contributed by atoms with Crippen LogP contribution in [0.15, 0.2) is 81.4 Å². The molecule has 0 amide bonds. The quantitative estimate of drug-likeness (QED) is 0.226. The Labute approximate surface area is 199 Å². The SMILES string of the molecule is COc1ccc(NC(=S)N=Nc2c(O)n(Cc3ccccc3C)c3ccc(Br)cc23)cc1. The number of thiocarbonyl (C=S) groups is 1. The predicted molar refractivity (Wildman–Crippen MR) is 135 cm³/mol. The second-order valence-corrected chi connectivity index (χ2v) is 8.51. The topological polar surface area (TPSA) is 71.1 Å². The van der Waals surface area contributed by atoms with Crippen molar-refractivity contribution in [2.45, 2.75) is 13.5 Å². The largest absolute Gasteiger partial charge is 0.497 e. The van der Waals surface area contributed by atoms with E-state index in [-0.39, 0.29) is 11.0 Å². The number of anilines is 1. The summed E-state index contributed by atoms with van der Waals surface area (Å²) in [4.78, 5) is 0. The van der Waals surface area contributed by atoms with Crippen LogP contribution in [0, 0.1) is 6.92 Å². The fraction of sp³-hybridized carbons (Fsp3) is 0.125. The highest BCUT2D eigenvalue weighted by atomic mass is 79.9. The Morgan fingerprint density at radius 3 is 2.59 bits per heavy atom. The van der Waals surface area contributed by atoms with Crippen molar-refractivity contribution < 1.29 is 9.84 Å². The van der Waals surface area contributed by atoms with Gasteiger partial charge in [0.05, 0.1) is 19.2 Å². The first-order valence-electron chi connectivity index (χ1n) is 9.88. The molecule has 0 spiro atoms. The minimum absolute atomic E-state index is 0.0392. The van der Waals surface area contributed by atoms with E-state index in [1.165, 1.54) is 0 Å². The standard InChI is InChI=1S/C24H21BrN4O2S/c1-15-5-3-4-6-16(15)14-29-21-12-7-17(25)13-20(21)22(23(29)30)27-28-24(32)26-18-8-10-19(31-2)11-9-18/h3-13,30H,14H2,1-2H3,(H,26,32). The number of nitrogens with zero attached hydrogens (tertiary/aromatic N) is 3. The van der Waals surface area contributed by atoms with E-state index < -0.39 is 0 Å². The van der Waals surface area contributed by atoms with E-state index in [4.69, 9.17) is 17.0 Å². The summed E-state index contributed by atoms with van der Waals surface area (Å²) in [6.07, 6.45) is 0. The van der Waals surface area contributed by atoms with Gasteiger partial charge in [0.25, 0.3) is 0 Å². The maximum absolute atomic E-state index is 11.0. The fourth-order valence-corrected chi connectivity index (χ4v) is 3.95. The summed E-state index contributed by atoms with van der Waals surface area (Å²) in [5, 5.41) is 23.4. The van der Waals surface area contributed by atoms with Crippen LogP contribution in [0.25, 0.3) is 10.9 Å². The Bertz CT molecular complexity index is 1320. The molecular formula is C24H21BrN4O2S. The summed E-state index contributed by atoms with van der Waals surface area (Å²) >= 11 is 8.82. The lowest BCUT2D eigenvalue weighted by Gasteiger charge is -2.09. The molecule has 0 aliphatic carbocycles. The summed E-state index contributed by atoms with van der Waals surface area (Å²) in [6, 6.07) is 21.2. The van der Waals surface area contributed by atoms with Crippen LogP contribution < -0.4 is 10.1 Å². The number of ether oxygens (including phenoxy) is 1. The molecule has 0 radical (unpaired) electrons. The molecule has 8 heteroatoms. The van der Waals surface area contributed by atoms with Gasteiger partial charge in [-0.15, -0.1) is 10.2 Å². The van der Waals surface area contributed by atoms with Gasteiger partial charge in [-0.05, 0) is 72.7 Å². The van der Waals surface area contributed by atoms with Gasteiger partial charge in [0.1, 0.15) is 5.75 Å². The van der Waals surface area contributed by atoms with Crippen LogP contribution in [0.1, 0.15) is 11.1 Å². The normalized spacial score (nSPS) is 11.2. The number of aromatic nitrogens is 1. The van der Waals surface area contributed by atoms with Crippen LogP contribution in [0.2, 0.25) is 0 Å². The minimum Gasteiger partial charge on any atom is -0.497 e. The number of hydrogen-bond acceptors (Lipinski definition) is 4. The van der Waals surface area contributed by atoms with E-state index in [0.29, 0.717) is 12.2 Å². The van der Waals surface area contributed by atoms with Gasteiger partial charge in [0, 0.05) is 15.5 Å². The summed E-state index contributed by atoms with van der Waals surface area (Å²) in [6.45, 7) is 2.57. The number of aryl methyl sites for hydroxylation is 1. The monoisotopic (exact) mass is 508 g/mol.